The summed E-state index contributed by atoms with van der Waals surface area (Å²) in [6.07, 6.45) is 2.75. The number of carbonyl (C=O) groups excluding carboxylic acids is 3. The molecule has 5 atom stereocenters. The summed E-state index contributed by atoms with van der Waals surface area (Å²) in [5.41, 5.74) is 5.90. The highest BCUT2D eigenvalue weighted by Gasteiger charge is 2.42. The molecule has 3 unspecified atom stereocenters. The van der Waals surface area contributed by atoms with Crippen LogP contribution in [0.4, 0.5) is 4.79 Å². The Morgan fingerprint density at radius 3 is 2.50 bits per heavy atom. The first-order chi connectivity index (χ1) is 20.5. The molecule has 3 heterocycles. The average Bonchev–Trinajstić information content (AvgIpc) is 3.47. The van der Waals surface area contributed by atoms with Gasteiger partial charge in [0.25, 0.3) is 0 Å². The lowest BCUT2D eigenvalue weighted by Gasteiger charge is -2.45. The smallest absolute Gasteiger partial charge is 0.315 e. The molecular weight excluding hydrogens is 550 g/mol. The second-order valence-corrected chi connectivity index (χ2v) is 11.9. The van der Waals surface area contributed by atoms with Gasteiger partial charge in [-0.15, -0.1) is 0 Å². The highest BCUT2D eigenvalue weighted by Crippen LogP contribution is 2.44. The van der Waals surface area contributed by atoms with E-state index in [1.54, 1.807) is 12.1 Å². The van der Waals surface area contributed by atoms with Crippen molar-refractivity contribution in [1.82, 2.24) is 26.2 Å². The summed E-state index contributed by atoms with van der Waals surface area (Å²) in [4.78, 5) is 39.5. The molecule has 8 nitrogen and oxygen atoms in total. The lowest BCUT2D eigenvalue weighted by atomic mass is 9.71. The number of rotatable bonds is 8. The number of hydrogen-bond donors (Lipinski definition) is 4. The molecule has 4 amide bonds. The van der Waals surface area contributed by atoms with Gasteiger partial charge in [0.15, 0.2) is 0 Å². The number of hydrogen-bond acceptors (Lipinski definition) is 4. The molecule has 6 rings (SSSR count). The summed E-state index contributed by atoms with van der Waals surface area (Å²) in [6, 6.07) is 23.5. The van der Waals surface area contributed by atoms with E-state index in [0.29, 0.717) is 37.5 Å². The number of carbonyl (C=O) groups is 3. The van der Waals surface area contributed by atoms with Gasteiger partial charge in [0.05, 0.1) is 6.04 Å². The van der Waals surface area contributed by atoms with Gasteiger partial charge in [-0.2, -0.15) is 0 Å². The van der Waals surface area contributed by atoms with Crippen molar-refractivity contribution in [3.63, 3.8) is 0 Å². The molecule has 0 aromatic heterocycles. The molecule has 218 valence electrons. The van der Waals surface area contributed by atoms with Gasteiger partial charge in [-0.3, -0.25) is 9.59 Å². The second kappa shape index (κ2) is 12.5. The molecule has 3 aliphatic heterocycles. The molecule has 0 aliphatic carbocycles. The van der Waals surface area contributed by atoms with E-state index in [4.69, 9.17) is 11.6 Å². The Labute approximate surface area is 251 Å². The number of benzene rings is 3. The number of urea groups is 1. The summed E-state index contributed by atoms with van der Waals surface area (Å²) in [5.74, 6) is 0.174. The average molecular weight is 586 g/mol. The molecule has 3 aromatic rings. The number of amides is 4. The van der Waals surface area contributed by atoms with Crippen molar-refractivity contribution in [1.29, 1.82) is 0 Å². The number of halogens is 1. The molecule has 0 bridgehead atoms. The predicted octanol–water partition coefficient (Wildman–Crippen LogP) is 3.87. The fourth-order valence-electron chi connectivity index (χ4n) is 7.01. The fourth-order valence-corrected chi connectivity index (χ4v) is 7.14. The Bertz CT molecular complexity index is 1450. The summed E-state index contributed by atoms with van der Waals surface area (Å²) in [6.45, 7) is 2.55. The molecule has 42 heavy (non-hydrogen) atoms. The Kier molecular flexibility index (Phi) is 8.44. The van der Waals surface area contributed by atoms with E-state index in [2.05, 4.69) is 63.7 Å². The summed E-state index contributed by atoms with van der Waals surface area (Å²) >= 11 is 6.07. The first kappa shape index (κ1) is 28.2. The van der Waals surface area contributed by atoms with Crippen LogP contribution in [0.1, 0.15) is 52.2 Å². The van der Waals surface area contributed by atoms with E-state index < -0.39 is 6.04 Å². The SMILES string of the molecule is O=CN[C@H](Cc1ccc(Cl)cc1)C(=O)N1CCC(c2ccccc2C2CNC(=O)N2)[C@H](C2NCCc3ccccc32)C1. The van der Waals surface area contributed by atoms with Crippen molar-refractivity contribution in [2.24, 2.45) is 5.92 Å². The van der Waals surface area contributed by atoms with Crippen molar-refractivity contribution < 1.29 is 14.4 Å². The van der Waals surface area contributed by atoms with Crippen molar-refractivity contribution in [2.75, 3.05) is 26.2 Å². The van der Waals surface area contributed by atoms with E-state index in [1.165, 1.54) is 16.7 Å². The molecular formula is C33H36ClN5O3. The molecule has 3 aromatic carbocycles. The third-order valence-corrected chi connectivity index (χ3v) is 9.26. The van der Waals surface area contributed by atoms with E-state index >= 15 is 0 Å². The van der Waals surface area contributed by atoms with Gasteiger partial charge < -0.3 is 26.2 Å². The Balaban J connectivity index is 1.32. The van der Waals surface area contributed by atoms with Gasteiger partial charge in [-0.05, 0) is 65.3 Å². The van der Waals surface area contributed by atoms with Gasteiger partial charge in [0.2, 0.25) is 12.3 Å². The maximum Gasteiger partial charge on any atom is 0.315 e. The van der Waals surface area contributed by atoms with E-state index in [1.807, 2.05) is 23.1 Å². The van der Waals surface area contributed by atoms with E-state index in [9.17, 15) is 14.4 Å². The van der Waals surface area contributed by atoms with Crippen LogP contribution in [0.5, 0.6) is 0 Å². The minimum absolute atomic E-state index is 0.0636. The minimum Gasteiger partial charge on any atom is -0.347 e. The Morgan fingerprint density at radius 1 is 1.02 bits per heavy atom. The van der Waals surface area contributed by atoms with Gasteiger partial charge in [0, 0.05) is 43.0 Å². The van der Waals surface area contributed by atoms with Gasteiger partial charge >= 0.3 is 6.03 Å². The van der Waals surface area contributed by atoms with Crippen LogP contribution < -0.4 is 21.3 Å². The van der Waals surface area contributed by atoms with Crippen LogP contribution in [0, 0.1) is 5.92 Å². The molecule has 4 N–H and O–H groups in total. The molecule has 2 fully saturated rings. The van der Waals surface area contributed by atoms with Crippen LogP contribution in [0.25, 0.3) is 0 Å². The lowest BCUT2D eigenvalue weighted by Crippen LogP contribution is -2.54. The molecule has 2 saturated heterocycles. The maximum atomic E-state index is 14.0. The van der Waals surface area contributed by atoms with Crippen LogP contribution in [0.3, 0.4) is 0 Å². The van der Waals surface area contributed by atoms with Crippen LogP contribution in [-0.2, 0) is 22.4 Å². The molecule has 0 saturated carbocycles. The monoisotopic (exact) mass is 585 g/mol. The normalized spacial score (nSPS) is 24.2. The third kappa shape index (κ3) is 5.87. The van der Waals surface area contributed by atoms with Crippen molar-refractivity contribution >= 4 is 29.9 Å². The standard InChI is InChI=1S/C33H36ClN5O3/c34-23-11-9-21(10-12-23)17-29(37-20-40)32(41)39-16-14-26(25-7-3-4-8-27(25)30-18-36-33(42)38-30)28(19-39)31-24-6-2-1-5-22(24)13-15-35-31/h1-12,20,26,28-31,35H,13-19H2,(H,37,40)(H2,36,38,42)/t26?,28-,29-,30?,31?/m1/s1. The second-order valence-electron chi connectivity index (χ2n) is 11.4. The zero-order valence-corrected chi connectivity index (χ0v) is 24.1. The van der Waals surface area contributed by atoms with Crippen LogP contribution >= 0.6 is 11.6 Å². The van der Waals surface area contributed by atoms with Crippen molar-refractivity contribution in [2.45, 2.75) is 43.3 Å². The Morgan fingerprint density at radius 2 is 1.76 bits per heavy atom. The zero-order valence-electron chi connectivity index (χ0n) is 23.4. The summed E-state index contributed by atoms with van der Waals surface area (Å²) < 4.78 is 0. The van der Waals surface area contributed by atoms with Crippen molar-refractivity contribution in [3.05, 3.63) is 106 Å². The summed E-state index contributed by atoms with van der Waals surface area (Å²) in [7, 11) is 0. The molecule has 3 aliphatic rings. The van der Waals surface area contributed by atoms with Crippen LogP contribution in [-0.4, -0.2) is 55.5 Å². The van der Waals surface area contributed by atoms with E-state index in [-0.39, 0.29) is 35.9 Å². The van der Waals surface area contributed by atoms with Crippen LogP contribution in [0.2, 0.25) is 5.02 Å². The quantitative estimate of drug-likeness (QED) is 0.301. The minimum atomic E-state index is -0.667. The third-order valence-electron chi connectivity index (χ3n) is 9.01. The largest absolute Gasteiger partial charge is 0.347 e. The highest BCUT2D eigenvalue weighted by molar-refractivity contribution is 6.30. The number of piperidine rings is 1. The van der Waals surface area contributed by atoms with Crippen molar-refractivity contribution in [3.8, 4) is 0 Å². The number of nitrogens with one attached hydrogen (secondary N) is 4. The molecule has 0 radical (unpaired) electrons. The molecule has 9 heteroatoms. The first-order valence-electron chi connectivity index (χ1n) is 14.7. The summed E-state index contributed by atoms with van der Waals surface area (Å²) in [5, 5.41) is 13.2. The number of likely N-dealkylation sites (tertiary alicyclic amines) is 1. The number of nitrogens with zero attached hydrogens (tertiary/aromatic N) is 1. The first-order valence-corrected chi connectivity index (χ1v) is 15.1. The lowest BCUT2D eigenvalue weighted by molar-refractivity contribution is -0.137. The zero-order chi connectivity index (χ0) is 29.1. The topological polar surface area (TPSA) is 103 Å². The predicted molar refractivity (Wildman–Crippen MR) is 162 cm³/mol. The maximum absolute atomic E-state index is 14.0. The van der Waals surface area contributed by atoms with E-state index in [0.717, 1.165) is 30.5 Å². The fraction of sp³-hybridized carbons (Fsp3) is 0.364. The van der Waals surface area contributed by atoms with Crippen LogP contribution in [0.15, 0.2) is 72.8 Å². The Hall–Kier alpha value is -3.88. The van der Waals surface area contributed by atoms with Gasteiger partial charge in [-0.25, -0.2) is 4.79 Å². The highest BCUT2D eigenvalue weighted by atomic mass is 35.5. The van der Waals surface area contributed by atoms with Gasteiger partial charge in [-0.1, -0.05) is 72.3 Å². The molecule has 0 spiro atoms. The number of fused-ring (bicyclic) bond motifs is 1. The van der Waals surface area contributed by atoms with Gasteiger partial charge in [0.1, 0.15) is 6.04 Å².